The maximum atomic E-state index is 11.9. The van der Waals surface area contributed by atoms with E-state index in [1.54, 1.807) is 38.1 Å². The number of imide groups is 1. The molecule has 2 rings (SSSR count). The Balaban J connectivity index is 1.78. The summed E-state index contributed by atoms with van der Waals surface area (Å²) in [5.41, 5.74) is 5.44. The quantitative estimate of drug-likeness (QED) is 0.483. The van der Waals surface area contributed by atoms with Crippen molar-refractivity contribution in [1.29, 1.82) is 0 Å². The highest BCUT2D eigenvalue weighted by Crippen LogP contribution is 2.17. The number of hydrogen-bond acceptors (Lipinski definition) is 4. The van der Waals surface area contributed by atoms with E-state index in [2.05, 4.69) is 5.32 Å². The van der Waals surface area contributed by atoms with E-state index in [0.717, 1.165) is 5.75 Å². The van der Waals surface area contributed by atoms with Crippen molar-refractivity contribution in [2.45, 2.75) is 25.8 Å². The fraction of sp³-hybridized carbons (Fsp3) is 0.429. The Morgan fingerprint density at radius 1 is 1.25 bits per heavy atom. The maximum absolute atomic E-state index is 11.9. The number of ether oxygens (including phenoxy) is 1. The van der Waals surface area contributed by atoms with Crippen LogP contribution in [-0.2, 0) is 4.79 Å². The Morgan fingerprint density at radius 3 is 2.45 bits per heavy atom. The predicted molar refractivity (Wildman–Crippen MR) is 75.3 cm³/mol. The number of nitrogens with zero attached hydrogens (tertiary/aromatic N) is 1. The second-order valence-corrected chi connectivity index (χ2v) is 5.28. The van der Waals surface area contributed by atoms with Gasteiger partial charge < -0.3 is 15.8 Å². The van der Waals surface area contributed by atoms with Crippen LogP contribution in [0.25, 0.3) is 0 Å². The number of nitrogens with two attached hydrogens (primary N) is 1. The minimum absolute atomic E-state index is 0.199. The molecule has 0 atom stereocenters. The van der Waals surface area contributed by atoms with Gasteiger partial charge in [0.2, 0.25) is 0 Å². The number of nitrogens with one attached hydrogen (secondary N) is 1. The number of hydrogen-bond donors (Lipinski definition) is 2. The first kappa shape index (κ1) is 14.2. The molecule has 0 radical (unpaired) electrons. The summed E-state index contributed by atoms with van der Waals surface area (Å²) in [6.45, 7) is 4.17. The molecule has 0 unspecified atom stereocenters. The number of amides is 3. The highest BCUT2D eigenvalue weighted by atomic mass is 16.5. The number of nitrogen functional groups attached to an aromatic ring is 1. The average molecular weight is 277 g/mol. The lowest BCUT2D eigenvalue weighted by molar-refractivity contribution is -0.130. The van der Waals surface area contributed by atoms with Crippen LogP contribution in [0.5, 0.6) is 5.75 Å². The summed E-state index contributed by atoms with van der Waals surface area (Å²) in [4.78, 5) is 24.8. The monoisotopic (exact) mass is 277 g/mol. The predicted octanol–water partition coefficient (Wildman–Crippen LogP) is 1.37. The van der Waals surface area contributed by atoms with Gasteiger partial charge in [-0.2, -0.15) is 0 Å². The lowest BCUT2D eigenvalue weighted by Gasteiger charge is -2.16. The van der Waals surface area contributed by atoms with Gasteiger partial charge >= 0.3 is 6.03 Å². The van der Waals surface area contributed by atoms with Gasteiger partial charge in [0.05, 0.1) is 6.61 Å². The molecule has 0 aliphatic carbocycles. The minimum atomic E-state index is -0.811. The zero-order valence-corrected chi connectivity index (χ0v) is 11.7. The van der Waals surface area contributed by atoms with E-state index in [4.69, 9.17) is 10.5 Å². The third-order valence-electron chi connectivity index (χ3n) is 3.12. The number of carbonyl (C=O) groups is 2. The molecule has 108 valence electrons. The normalized spacial score (nSPS) is 17.2. The van der Waals surface area contributed by atoms with Crippen molar-refractivity contribution in [3.05, 3.63) is 24.3 Å². The van der Waals surface area contributed by atoms with Gasteiger partial charge in [-0.1, -0.05) is 0 Å². The van der Waals surface area contributed by atoms with E-state index >= 15 is 0 Å². The lowest BCUT2D eigenvalue weighted by Crippen LogP contribution is -2.40. The number of carbonyl (C=O) groups excluding carboxylic acids is 2. The Morgan fingerprint density at radius 2 is 1.90 bits per heavy atom. The van der Waals surface area contributed by atoms with Crippen LogP contribution in [0, 0.1) is 0 Å². The van der Waals surface area contributed by atoms with E-state index in [9.17, 15) is 9.59 Å². The molecule has 0 aromatic heterocycles. The van der Waals surface area contributed by atoms with E-state index in [-0.39, 0.29) is 11.9 Å². The molecule has 1 heterocycles. The van der Waals surface area contributed by atoms with Crippen molar-refractivity contribution < 1.29 is 14.3 Å². The molecule has 0 spiro atoms. The van der Waals surface area contributed by atoms with Crippen LogP contribution in [0.1, 0.15) is 20.3 Å². The number of benzene rings is 1. The van der Waals surface area contributed by atoms with Gasteiger partial charge in [0.15, 0.2) is 0 Å². The average Bonchev–Trinajstić information content (AvgIpc) is 2.58. The number of rotatable bonds is 5. The van der Waals surface area contributed by atoms with E-state index < -0.39 is 5.54 Å². The van der Waals surface area contributed by atoms with Crippen molar-refractivity contribution in [1.82, 2.24) is 10.2 Å². The van der Waals surface area contributed by atoms with Crippen molar-refractivity contribution in [2.24, 2.45) is 0 Å². The second-order valence-electron chi connectivity index (χ2n) is 5.28. The first-order chi connectivity index (χ1) is 9.40. The molecule has 6 nitrogen and oxygen atoms in total. The van der Waals surface area contributed by atoms with E-state index in [1.165, 1.54) is 4.90 Å². The van der Waals surface area contributed by atoms with Crippen LogP contribution in [0.2, 0.25) is 0 Å². The molecule has 1 aromatic carbocycles. The van der Waals surface area contributed by atoms with Crippen LogP contribution in [0.15, 0.2) is 24.3 Å². The zero-order chi connectivity index (χ0) is 14.8. The highest BCUT2D eigenvalue weighted by Gasteiger charge is 2.43. The summed E-state index contributed by atoms with van der Waals surface area (Å²) >= 11 is 0. The Hall–Kier alpha value is -2.24. The molecule has 0 bridgehead atoms. The van der Waals surface area contributed by atoms with Gasteiger partial charge in [-0.25, -0.2) is 4.79 Å². The summed E-state index contributed by atoms with van der Waals surface area (Å²) in [5, 5.41) is 2.64. The summed E-state index contributed by atoms with van der Waals surface area (Å²) in [5.74, 6) is 0.520. The topological polar surface area (TPSA) is 84.7 Å². The highest BCUT2D eigenvalue weighted by molar-refractivity contribution is 6.06. The van der Waals surface area contributed by atoms with Gasteiger partial charge in [-0.3, -0.25) is 9.69 Å². The van der Waals surface area contributed by atoms with Crippen LogP contribution < -0.4 is 15.8 Å². The van der Waals surface area contributed by atoms with Gasteiger partial charge in [0, 0.05) is 12.2 Å². The van der Waals surface area contributed by atoms with E-state index in [0.29, 0.717) is 25.3 Å². The molecule has 1 aromatic rings. The molecule has 0 saturated carbocycles. The standard InChI is InChI=1S/C14H19N3O3/c1-14(2)12(18)17(13(19)16-14)8-3-9-20-11-6-4-10(15)5-7-11/h4-7H,3,8-9,15H2,1-2H3,(H,16,19). The number of anilines is 1. The minimum Gasteiger partial charge on any atom is -0.494 e. The van der Waals surface area contributed by atoms with Gasteiger partial charge in [0.25, 0.3) is 5.91 Å². The fourth-order valence-corrected chi connectivity index (χ4v) is 2.00. The smallest absolute Gasteiger partial charge is 0.325 e. The maximum Gasteiger partial charge on any atom is 0.325 e. The molecule has 1 fully saturated rings. The molecule has 1 aliphatic rings. The Bertz CT molecular complexity index is 511. The Labute approximate surface area is 117 Å². The molecule has 1 aliphatic heterocycles. The van der Waals surface area contributed by atoms with Crippen LogP contribution in [0.3, 0.4) is 0 Å². The largest absolute Gasteiger partial charge is 0.494 e. The molecule has 1 saturated heterocycles. The molecule has 3 N–H and O–H groups in total. The first-order valence-corrected chi connectivity index (χ1v) is 6.52. The van der Waals surface area contributed by atoms with E-state index in [1.807, 2.05) is 0 Å². The second kappa shape index (κ2) is 5.40. The van der Waals surface area contributed by atoms with Crippen LogP contribution in [-0.4, -0.2) is 35.5 Å². The summed E-state index contributed by atoms with van der Waals surface area (Å²) in [6, 6.07) is 6.75. The summed E-state index contributed by atoms with van der Waals surface area (Å²) in [7, 11) is 0. The summed E-state index contributed by atoms with van der Waals surface area (Å²) in [6.07, 6.45) is 0.583. The third-order valence-corrected chi connectivity index (χ3v) is 3.12. The lowest BCUT2D eigenvalue weighted by atomic mass is 10.1. The van der Waals surface area contributed by atoms with Crippen molar-refractivity contribution >= 4 is 17.6 Å². The SMILES string of the molecule is CC1(C)NC(=O)N(CCCOc2ccc(N)cc2)C1=O. The third kappa shape index (κ3) is 3.01. The van der Waals surface area contributed by atoms with Crippen LogP contribution in [0.4, 0.5) is 10.5 Å². The fourth-order valence-electron chi connectivity index (χ4n) is 2.00. The van der Waals surface area contributed by atoms with Gasteiger partial charge in [-0.15, -0.1) is 0 Å². The zero-order valence-electron chi connectivity index (χ0n) is 11.7. The molecular formula is C14H19N3O3. The molecule has 20 heavy (non-hydrogen) atoms. The van der Waals surface area contributed by atoms with Crippen molar-refractivity contribution in [3.63, 3.8) is 0 Å². The van der Waals surface area contributed by atoms with Crippen molar-refractivity contribution in [2.75, 3.05) is 18.9 Å². The molecule has 6 heteroatoms. The van der Waals surface area contributed by atoms with Gasteiger partial charge in [0.1, 0.15) is 11.3 Å². The molecule has 3 amide bonds. The van der Waals surface area contributed by atoms with Crippen LogP contribution >= 0.6 is 0 Å². The van der Waals surface area contributed by atoms with Gasteiger partial charge in [-0.05, 0) is 44.5 Å². The Kier molecular flexibility index (Phi) is 3.83. The number of urea groups is 1. The summed E-state index contributed by atoms with van der Waals surface area (Å²) < 4.78 is 5.52. The van der Waals surface area contributed by atoms with Crippen molar-refractivity contribution in [3.8, 4) is 5.75 Å². The molecular weight excluding hydrogens is 258 g/mol. The first-order valence-electron chi connectivity index (χ1n) is 6.52.